The number of hydrogen-bond acceptors (Lipinski definition) is 3. The molecule has 1 atom stereocenters. The molecule has 0 radical (unpaired) electrons. The summed E-state index contributed by atoms with van der Waals surface area (Å²) in [7, 11) is 0. The lowest BCUT2D eigenvalue weighted by Crippen LogP contribution is -2.50. The molecule has 0 spiro atoms. The van der Waals surface area contributed by atoms with E-state index in [4.69, 9.17) is 22.7 Å². The number of ether oxygens (including phenoxy) is 1. The maximum atomic E-state index is 12.6. The van der Waals surface area contributed by atoms with Gasteiger partial charge in [-0.25, -0.2) is 0 Å². The first-order valence-electron chi connectivity index (χ1n) is 7.72. The first-order valence-corrected chi connectivity index (χ1v) is 8.13. The summed E-state index contributed by atoms with van der Waals surface area (Å²) < 4.78 is 5.44. The fourth-order valence-corrected chi connectivity index (χ4v) is 3.24. The Labute approximate surface area is 127 Å². The van der Waals surface area contributed by atoms with Gasteiger partial charge in [0.1, 0.15) is 0 Å². The highest BCUT2D eigenvalue weighted by molar-refractivity contribution is 7.80. The fraction of sp³-hybridized carbons (Fsp3) is 0.867. The molecular formula is C15H28N2O2S. The number of nitrogens with one attached hydrogen (secondary N) is 1. The monoisotopic (exact) mass is 300 g/mol. The Kier molecular flexibility index (Phi) is 7.45. The van der Waals surface area contributed by atoms with Crippen LogP contribution in [0, 0.1) is 11.3 Å². The Hall–Kier alpha value is -0.680. The maximum Gasteiger partial charge on any atom is 0.233 e. The summed E-state index contributed by atoms with van der Waals surface area (Å²) in [6.45, 7) is 6.36. The Morgan fingerprint density at radius 1 is 1.40 bits per heavy atom. The van der Waals surface area contributed by atoms with Crippen molar-refractivity contribution in [3.63, 3.8) is 0 Å². The van der Waals surface area contributed by atoms with E-state index in [0.29, 0.717) is 17.5 Å². The van der Waals surface area contributed by atoms with Gasteiger partial charge in [-0.2, -0.15) is 0 Å². The zero-order valence-electron chi connectivity index (χ0n) is 12.7. The molecule has 0 aliphatic carbocycles. The Bertz CT molecular complexity index is 322. The second-order valence-corrected chi connectivity index (χ2v) is 6.18. The summed E-state index contributed by atoms with van der Waals surface area (Å²) in [6, 6.07) is 0. The number of carbonyl (C=O) groups excluding carboxylic acids is 1. The van der Waals surface area contributed by atoms with Crippen molar-refractivity contribution in [1.29, 1.82) is 0 Å². The van der Waals surface area contributed by atoms with E-state index >= 15 is 0 Å². The fourth-order valence-electron chi connectivity index (χ4n) is 2.94. The van der Waals surface area contributed by atoms with Crippen LogP contribution in [0.5, 0.6) is 0 Å². The average Bonchev–Trinajstić information content (AvgIpc) is 2.45. The SMILES string of the molecule is CCCC(CCC)(C(=O)NCC1CCCOC1)C(N)=S. The lowest BCUT2D eigenvalue weighted by Gasteiger charge is -2.32. The van der Waals surface area contributed by atoms with Crippen LogP contribution in [0.2, 0.25) is 0 Å². The molecule has 0 aromatic heterocycles. The first-order chi connectivity index (χ1) is 9.56. The molecule has 4 nitrogen and oxygen atoms in total. The van der Waals surface area contributed by atoms with Crippen molar-refractivity contribution in [3.05, 3.63) is 0 Å². The van der Waals surface area contributed by atoms with Gasteiger partial charge in [-0.3, -0.25) is 4.79 Å². The Morgan fingerprint density at radius 2 is 2.05 bits per heavy atom. The quantitative estimate of drug-likeness (QED) is 0.676. The van der Waals surface area contributed by atoms with Gasteiger partial charge < -0.3 is 15.8 Å². The van der Waals surface area contributed by atoms with E-state index in [1.807, 2.05) is 0 Å². The van der Waals surface area contributed by atoms with Gasteiger partial charge in [-0.15, -0.1) is 0 Å². The number of amides is 1. The largest absolute Gasteiger partial charge is 0.392 e. The number of rotatable bonds is 8. The maximum absolute atomic E-state index is 12.6. The van der Waals surface area contributed by atoms with Crippen molar-refractivity contribution in [2.45, 2.75) is 52.4 Å². The molecule has 1 rings (SSSR count). The second-order valence-electron chi connectivity index (χ2n) is 5.74. The zero-order chi connectivity index (χ0) is 15.0. The predicted molar refractivity (Wildman–Crippen MR) is 85.6 cm³/mol. The van der Waals surface area contributed by atoms with Crippen LogP contribution in [0.3, 0.4) is 0 Å². The average molecular weight is 300 g/mol. The van der Waals surface area contributed by atoms with Crippen LogP contribution in [-0.4, -0.2) is 30.7 Å². The standard InChI is InChI=1S/C15H28N2O2S/c1-3-7-15(8-4-2,13(16)20)14(18)17-10-12-6-5-9-19-11-12/h12H,3-11H2,1-2H3,(H2,16,20)(H,17,18). The molecule has 0 aromatic carbocycles. The van der Waals surface area contributed by atoms with Gasteiger partial charge in [-0.05, 0) is 31.6 Å². The number of carbonyl (C=O) groups is 1. The molecule has 1 fully saturated rings. The third-order valence-electron chi connectivity index (χ3n) is 4.07. The minimum Gasteiger partial charge on any atom is -0.392 e. The van der Waals surface area contributed by atoms with Crippen molar-refractivity contribution in [2.75, 3.05) is 19.8 Å². The van der Waals surface area contributed by atoms with E-state index in [-0.39, 0.29) is 5.91 Å². The van der Waals surface area contributed by atoms with Crippen LogP contribution in [0.1, 0.15) is 52.4 Å². The van der Waals surface area contributed by atoms with Gasteiger partial charge in [0.2, 0.25) is 5.91 Å². The summed E-state index contributed by atoms with van der Waals surface area (Å²) in [5, 5.41) is 3.06. The Morgan fingerprint density at radius 3 is 2.50 bits per heavy atom. The van der Waals surface area contributed by atoms with Crippen molar-refractivity contribution in [2.24, 2.45) is 17.1 Å². The smallest absolute Gasteiger partial charge is 0.233 e. The van der Waals surface area contributed by atoms with Gasteiger partial charge in [-0.1, -0.05) is 38.9 Å². The van der Waals surface area contributed by atoms with Gasteiger partial charge in [0, 0.05) is 13.2 Å². The Balaban J connectivity index is 2.64. The molecule has 1 aliphatic heterocycles. The zero-order valence-corrected chi connectivity index (χ0v) is 13.6. The molecule has 0 bridgehead atoms. The van der Waals surface area contributed by atoms with E-state index < -0.39 is 5.41 Å². The van der Waals surface area contributed by atoms with Crippen LogP contribution >= 0.6 is 12.2 Å². The summed E-state index contributed by atoms with van der Waals surface area (Å²) in [5.41, 5.74) is 5.23. The molecule has 1 saturated heterocycles. The van der Waals surface area contributed by atoms with Crippen LogP contribution in [-0.2, 0) is 9.53 Å². The summed E-state index contributed by atoms with van der Waals surface area (Å²) in [4.78, 5) is 12.9. The minimum absolute atomic E-state index is 0.000673. The molecule has 116 valence electrons. The van der Waals surface area contributed by atoms with Crippen molar-refractivity contribution >= 4 is 23.1 Å². The number of hydrogen-bond donors (Lipinski definition) is 2. The van der Waals surface area contributed by atoms with Crippen molar-refractivity contribution in [1.82, 2.24) is 5.32 Å². The number of thiocarbonyl (C=S) groups is 1. The number of nitrogens with two attached hydrogens (primary N) is 1. The summed E-state index contributed by atoms with van der Waals surface area (Å²) in [5.74, 6) is 0.416. The third-order valence-corrected chi connectivity index (χ3v) is 4.46. The summed E-state index contributed by atoms with van der Waals surface area (Å²) >= 11 is 5.20. The normalized spacial score (nSPS) is 19.6. The topological polar surface area (TPSA) is 64.3 Å². The molecule has 0 aromatic rings. The van der Waals surface area contributed by atoms with E-state index in [0.717, 1.165) is 51.7 Å². The molecule has 1 unspecified atom stereocenters. The lowest BCUT2D eigenvalue weighted by molar-refractivity contribution is -0.128. The molecule has 1 amide bonds. The molecule has 5 heteroatoms. The van der Waals surface area contributed by atoms with Crippen LogP contribution in [0.15, 0.2) is 0 Å². The highest BCUT2D eigenvalue weighted by Crippen LogP contribution is 2.31. The molecule has 1 heterocycles. The second kappa shape index (κ2) is 8.57. The predicted octanol–water partition coefficient (Wildman–Crippen LogP) is 2.40. The summed E-state index contributed by atoms with van der Waals surface area (Å²) in [6.07, 6.45) is 5.44. The van der Waals surface area contributed by atoms with Gasteiger partial charge in [0.15, 0.2) is 0 Å². The minimum atomic E-state index is -0.672. The first kappa shape index (κ1) is 17.4. The molecule has 1 aliphatic rings. The van der Waals surface area contributed by atoms with E-state index in [1.54, 1.807) is 0 Å². The highest BCUT2D eigenvalue weighted by Gasteiger charge is 2.39. The van der Waals surface area contributed by atoms with Crippen LogP contribution in [0.4, 0.5) is 0 Å². The van der Waals surface area contributed by atoms with E-state index in [1.165, 1.54) is 0 Å². The third kappa shape index (κ3) is 4.42. The van der Waals surface area contributed by atoms with Gasteiger partial charge in [0.05, 0.1) is 17.0 Å². The van der Waals surface area contributed by atoms with Crippen LogP contribution in [0.25, 0.3) is 0 Å². The molecular weight excluding hydrogens is 272 g/mol. The van der Waals surface area contributed by atoms with Gasteiger partial charge in [0.25, 0.3) is 0 Å². The molecule has 0 saturated carbocycles. The highest BCUT2D eigenvalue weighted by atomic mass is 32.1. The van der Waals surface area contributed by atoms with Crippen molar-refractivity contribution in [3.8, 4) is 0 Å². The van der Waals surface area contributed by atoms with E-state index in [2.05, 4.69) is 19.2 Å². The van der Waals surface area contributed by atoms with Gasteiger partial charge >= 0.3 is 0 Å². The molecule has 3 N–H and O–H groups in total. The molecule has 20 heavy (non-hydrogen) atoms. The van der Waals surface area contributed by atoms with Crippen molar-refractivity contribution < 1.29 is 9.53 Å². The lowest BCUT2D eigenvalue weighted by atomic mass is 9.78. The van der Waals surface area contributed by atoms with Crippen LogP contribution < -0.4 is 11.1 Å². The van der Waals surface area contributed by atoms with E-state index in [9.17, 15) is 4.79 Å².